The van der Waals surface area contributed by atoms with Crippen LogP contribution < -0.4 is 25.8 Å². The Labute approximate surface area is 208 Å². The summed E-state index contributed by atoms with van der Waals surface area (Å²) in [6.45, 7) is 0.324. The molecular weight excluding hydrogens is 464 g/mol. The molecule has 0 radical (unpaired) electrons. The maximum atomic E-state index is 13.0. The van der Waals surface area contributed by atoms with Crippen LogP contribution in [0.3, 0.4) is 0 Å². The maximum Gasteiger partial charge on any atom is 0.305 e. The van der Waals surface area contributed by atoms with Crippen LogP contribution in [0.5, 0.6) is 11.5 Å². The number of ether oxygens (including phenoxy) is 2. The Bertz CT molecular complexity index is 1200. The Hall–Kier alpha value is -4.73. The molecule has 0 heterocycles. The van der Waals surface area contributed by atoms with Crippen molar-refractivity contribution in [3.05, 3.63) is 89.5 Å². The summed E-state index contributed by atoms with van der Waals surface area (Å²) in [4.78, 5) is 23.9. The lowest BCUT2D eigenvalue weighted by molar-refractivity contribution is -0.136. The van der Waals surface area contributed by atoms with E-state index in [-0.39, 0.29) is 18.8 Å². The van der Waals surface area contributed by atoms with Gasteiger partial charge < -0.3 is 36.2 Å². The summed E-state index contributed by atoms with van der Waals surface area (Å²) in [6.07, 6.45) is -0.206. The molecule has 36 heavy (non-hydrogen) atoms. The van der Waals surface area contributed by atoms with E-state index in [9.17, 15) is 9.59 Å². The Morgan fingerprint density at radius 3 is 2.39 bits per heavy atom. The summed E-state index contributed by atoms with van der Waals surface area (Å²) in [5, 5.41) is 26.5. The summed E-state index contributed by atoms with van der Waals surface area (Å²) in [5.74, 6) is -0.522. The minimum absolute atomic E-state index is 0.0236. The van der Waals surface area contributed by atoms with E-state index in [1.54, 1.807) is 42.5 Å². The van der Waals surface area contributed by atoms with Crippen molar-refractivity contribution in [3.63, 3.8) is 0 Å². The van der Waals surface area contributed by atoms with Gasteiger partial charge in [0.1, 0.15) is 12.6 Å². The molecule has 1 amide bonds. The van der Waals surface area contributed by atoms with Gasteiger partial charge in [0.05, 0.1) is 13.5 Å². The zero-order valence-electron chi connectivity index (χ0n) is 19.7. The van der Waals surface area contributed by atoms with Crippen LogP contribution >= 0.6 is 0 Å². The van der Waals surface area contributed by atoms with Gasteiger partial charge in [0.15, 0.2) is 17.3 Å². The maximum absolute atomic E-state index is 13.0. The van der Waals surface area contributed by atoms with Crippen molar-refractivity contribution in [2.75, 3.05) is 19.0 Å². The van der Waals surface area contributed by atoms with Gasteiger partial charge in [-0.2, -0.15) is 0 Å². The Balaban J connectivity index is 1.84. The van der Waals surface area contributed by atoms with Crippen molar-refractivity contribution in [1.29, 1.82) is 0 Å². The summed E-state index contributed by atoms with van der Waals surface area (Å²) in [7, 11) is 1.51. The van der Waals surface area contributed by atoms with Gasteiger partial charge in [0, 0.05) is 17.8 Å². The van der Waals surface area contributed by atoms with Crippen LogP contribution in [0, 0.1) is 0 Å². The molecule has 3 rings (SSSR count). The van der Waals surface area contributed by atoms with Crippen molar-refractivity contribution in [1.82, 2.24) is 5.32 Å². The molecule has 0 saturated carbocycles. The SMILES string of the molecule is COc1cc(C(Nc2ccc(C(N)=NO)cc2)C(=O)NCCC(=O)O)ccc1OCc1ccccc1. The van der Waals surface area contributed by atoms with Crippen LogP contribution in [-0.2, 0) is 16.2 Å². The molecule has 188 valence electrons. The second-order valence-electron chi connectivity index (χ2n) is 7.76. The Kier molecular flexibility index (Phi) is 9.10. The summed E-state index contributed by atoms with van der Waals surface area (Å²) in [6, 6.07) is 20.6. The second-order valence-corrected chi connectivity index (χ2v) is 7.76. The highest BCUT2D eigenvalue weighted by molar-refractivity contribution is 5.97. The number of aliphatic carboxylic acids is 1. The molecule has 10 heteroatoms. The smallest absolute Gasteiger partial charge is 0.305 e. The number of rotatable bonds is 12. The first-order valence-electron chi connectivity index (χ1n) is 11.1. The van der Waals surface area contributed by atoms with E-state index in [2.05, 4.69) is 15.8 Å². The molecule has 3 aromatic rings. The van der Waals surface area contributed by atoms with E-state index in [1.807, 2.05) is 30.3 Å². The Morgan fingerprint density at radius 1 is 1.03 bits per heavy atom. The highest BCUT2D eigenvalue weighted by atomic mass is 16.5. The van der Waals surface area contributed by atoms with Gasteiger partial charge in [0.25, 0.3) is 0 Å². The molecule has 0 aliphatic carbocycles. The number of nitrogens with one attached hydrogen (secondary N) is 2. The number of nitrogens with zero attached hydrogens (tertiary/aromatic N) is 1. The predicted octanol–water partition coefficient (Wildman–Crippen LogP) is 3.11. The van der Waals surface area contributed by atoms with Gasteiger partial charge in [-0.05, 0) is 47.5 Å². The standard InChI is InChI=1S/C26H28N4O6/c1-35-22-15-19(9-12-21(22)36-16-17-5-3-2-4-6-17)24(26(33)28-14-13-23(31)32)29-20-10-7-18(8-11-20)25(27)30-34/h2-12,15,24,29,34H,13-14,16H2,1H3,(H2,27,30)(H,28,33)(H,31,32). The molecule has 0 aliphatic heterocycles. The normalized spacial score (nSPS) is 11.9. The molecule has 0 fully saturated rings. The van der Waals surface area contributed by atoms with Crippen molar-refractivity contribution < 1.29 is 29.4 Å². The predicted molar refractivity (Wildman–Crippen MR) is 134 cm³/mol. The topological polar surface area (TPSA) is 155 Å². The zero-order valence-corrected chi connectivity index (χ0v) is 19.7. The van der Waals surface area contributed by atoms with Crippen LogP contribution in [0.25, 0.3) is 0 Å². The number of oxime groups is 1. The van der Waals surface area contributed by atoms with Gasteiger partial charge in [-0.15, -0.1) is 0 Å². The van der Waals surface area contributed by atoms with Crippen LogP contribution in [0.2, 0.25) is 0 Å². The van der Waals surface area contributed by atoms with Crippen molar-refractivity contribution >= 4 is 23.4 Å². The molecule has 3 aromatic carbocycles. The fraction of sp³-hybridized carbons (Fsp3) is 0.192. The number of anilines is 1. The third-order valence-electron chi connectivity index (χ3n) is 5.26. The molecule has 0 bridgehead atoms. The van der Waals surface area contributed by atoms with Gasteiger partial charge in [0.2, 0.25) is 5.91 Å². The molecule has 10 nitrogen and oxygen atoms in total. The molecule has 1 unspecified atom stereocenters. The Morgan fingerprint density at radius 2 is 1.75 bits per heavy atom. The molecule has 0 aliphatic rings. The molecule has 0 saturated heterocycles. The monoisotopic (exact) mass is 492 g/mol. The van der Waals surface area contributed by atoms with Gasteiger partial charge in [-0.1, -0.05) is 41.6 Å². The molecule has 6 N–H and O–H groups in total. The lowest BCUT2D eigenvalue weighted by atomic mass is 10.0. The van der Waals surface area contributed by atoms with E-state index in [0.29, 0.717) is 34.9 Å². The number of nitrogens with two attached hydrogens (primary N) is 1. The number of amides is 1. The van der Waals surface area contributed by atoms with E-state index in [1.165, 1.54) is 7.11 Å². The third-order valence-corrected chi connectivity index (χ3v) is 5.26. The third kappa shape index (κ3) is 7.13. The zero-order chi connectivity index (χ0) is 25.9. The largest absolute Gasteiger partial charge is 0.493 e. The van der Waals surface area contributed by atoms with Crippen molar-refractivity contribution in [2.24, 2.45) is 10.9 Å². The van der Waals surface area contributed by atoms with Crippen molar-refractivity contribution in [2.45, 2.75) is 19.1 Å². The van der Waals surface area contributed by atoms with Crippen LogP contribution in [0.1, 0.15) is 29.2 Å². The molecule has 0 spiro atoms. The molecule has 0 aromatic heterocycles. The second kappa shape index (κ2) is 12.7. The quantitative estimate of drug-likeness (QED) is 0.112. The van der Waals surface area contributed by atoms with Gasteiger partial charge in [-0.25, -0.2) is 0 Å². The van der Waals surface area contributed by atoms with Gasteiger partial charge in [-0.3, -0.25) is 9.59 Å². The van der Waals surface area contributed by atoms with E-state index < -0.39 is 17.9 Å². The number of carboxylic acid groups (broad SMARTS) is 1. The fourth-order valence-electron chi connectivity index (χ4n) is 3.37. The first-order valence-corrected chi connectivity index (χ1v) is 11.1. The lowest BCUT2D eigenvalue weighted by Crippen LogP contribution is -2.34. The van der Waals surface area contributed by atoms with E-state index in [0.717, 1.165) is 5.56 Å². The van der Waals surface area contributed by atoms with E-state index >= 15 is 0 Å². The number of benzene rings is 3. The average Bonchev–Trinajstić information content (AvgIpc) is 2.90. The molecule has 1 atom stereocenters. The highest BCUT2D eigenvalue weighted by Gasteiger charge is 2.22. The average molecular weight is 493 g/mol. The molecular formula is C26H28N4O6. The highest BCUT2D eigenvalue weighted by Crippen LogP contribution is 2.32. The van der Waals surface area contributed by atoms with Crippen LogP contribution in [0.4, 0.5) is 5.69 Å². The summed E-state index contributed by atoms with van der Waals surface area (Å²) < 4.78 is 11.4. The minimum Gasteiger partial charge on any atom is -0.493 e. The number of methoxy groups -OCH3 is 1. The lowest BCUT2D eigenvalue weighted by Gasteiger charge is -2.21. The van der Waals surface area contributed by atoms with Crippen molar-refractivity contribution in [3.8, 4) is 11.5 Å². The number of carboxylic acids is 1. The number of carbonyl (C=O) groups is 2. The summed E-state index contributed by atoms with van der Waals surface area (Å²) >= 11 is 0. The van der Waals surface area contributed by atoms with E-state index in [4.69, 9.17) is 25.5 Å². The number of hydrogen-bond donors (Lipinski definition) is 5. The number of hydrogen-bond acceptors (Lipinski definition) is 7. The minimum atomic E-state index is -1.01. The number of amidine groups is 1. The first kappa shape index (κ1) is 25.9. The summed E-state index contributed by atoms with van der Waals surface area (Å²) in [5.41, 5.74) is 8.28. The first-order chi connectivity index (χ1) is 17.4. The van der Waals surface area contributed by atoms with Crippen LogP contribution in [-0.4, -0.2) is 41.7 Å². The fourth-order valence-corrected chi connectivity index (χ4v) is 3.37. The number of carbonyl (C=O) groups excluding carboxylic acids is 1. The van der Waals surface area contributed by atoms with Crippen LogP contribution in [0.15, 0.2) is 78.0 Å². The van der Waals surface area contributed by atoms with Gasteiger partial charge >= 0.3 is 5.97 Å².